The predicted molar refractivity (Wildman–Crippen MR) is 75.6 cm³/mol. The van der Waals surface area contributed by atoms with Gasteiger partial charge in [-0.2, -0.15) is 0 Å². The van der Waals surface area contributed by atoms with E-state index in [0.717, 1.165) is 5.52 Å². The van der Waals surface area contributed by atoms with E-state index in [1.54, 1.807) is 42.7 Å². The lowest BCUT2D eigenvalue weighted by atomic mass is 10.1. The third-order valence-electron chi connectivity index (χ3n) is 2.86. The topological polar surface area (TPSA) is 75.1 Å². The average Bonchev–Trinajstić information content (AvgIpc) is 2.49. The number of carbonyl (C=O) groups excluding carboxylic acids is 1. The molecule has 5 heteroatoms. The number of amides is 1. The van der Waals surface area contributed by atoms with Crippen LogP contribution in [-0.2, 0) is 0 Å². The van der Waals surface area contributed by atoms with Crippen molar-refractivity contribution in [3.05, 3.63) is 60.4 Å². The predicted octanol–water partition coefficient (Wildman–Crippen LogP) is 2.59. The van der Waals surface area contributed by atoms with Crippen molar-refractivity contribution >= 4 is 22.6 Å². The van der Waals surface area contributed by atoms with Gasteiger partial charge in [0.2, 0.25) is 0 Å². The van der Waals surface area contributed by atoms with Crippen LogP contribution in [-0.4, -0.2) is 21.0 Å². The highest BCUT2D eigenvalue weighted by Crippen LogP contribution is 2.16. The SMILES string of the molecule is O=C(Nc1ccc(O)cc1)c1ccc2nccnc2c1. The van der Waals surface area contributed by atoms with Gasteiger partial charge < -0.3 is 10.4 Å². The second-order valence-corrected chi connectivity index (χ2v) is 4.26. The Balaban J connectivity index is 1.86. The number of aromatic nitrogens is 2. The van der Waals surface area contributed by atoms with Gasteiger partial charge in [-0.25, -0.2) is 0 Å². The lowest BCUT2D eigenvalue weighted by Gasteiger charge is -2.06. The number of nitrogens with zero attached hydrogens (tertiary/aromatic N) is 2. The van der Waals surface area contributed by atoms with Crippen LogP contribution in [0.2, 0.25) is 0 Å². The van der Waals surface area contributed by atoms with Crippen LogP contribution < -0.4 is 5.32 Å². The zero-order chi connectivity index (χ0) is 13.9. The summed E-state index contributed by atoms with van der Waals surface area (Å²) in [6, 6.07) is 11.4. The quantitative estimate of drug-likeness (QED) is 0.698. The fourth-order valence-electron chi connectivity index (χ4n) is 1.85. The van der Waals surface area contributed by atoms with Gasteiger partial charge in [-0.15, -0.1) is 0 Å². The summed E-state index contributed by atoms with van der Waals surface area (Å²) in [6.45, 7) is 0. The van der Waals surface area contributed by atoms with E-state index < -0.39 is 0 Å². The highest BCUT2D eigenvalue weighted by Gasteiger charge is 2.07. The summed E-state index contributed by atoms with van der Waals surface area (Å²) in [5.74, 6) is -0.0766. The number of rotatable bonds is 2. The van der Waals surface area contributed by atoms with Crippen molar-refractivity contribution in [2.75, 3.05) is 5.32 Å². The monoisotopic (exact) mass is 265 g/mol. The zero-order valence-electron chi connectivity index (χ0n) is 10.4. The van der Waals surface area contributed by atoms with Gasteiger partial charge in [-0.1, -0.05) is 0 Å². The molecule has 20 heavy (non-hydrogen) atoms. The Morgan fingerprint density at radius 2 is 1.65 bits per heavy atom. The normalized spacial score (nSPS) is 10.4. The Morgan fingerprint density at radius 3 is 2.40 bits per heavy atom. The molecule has 0 spiro atoms. The molecule has 0 radical (unpaired) electrons. The zero-order valence-corrected chi connectivity index (χ0v) is 10.4. The van der Waals surface area contributed by atoms with Crippen molar-refractivity contribution in [1.29, 1.82) is 0 Å². The van der Waals surface area contributed by atoms with Gasteiger partial charge in [0.05, 0.1) is 11.0 Å². The number of hydrogen-bond acceptors (Lipinski definition) is 4. The molecule has 98 valence electrons. The fraction of sp³-hybridized carbons (Fsp3) is 0. The largest absolute Gasteiger partial charge is 0.508 e. The highest BCUT2D eigenvalue weighted by molar-refractivity contribution is 6.05. The molecule has 0 fully saturated rings. The van der Waals surface area contributed by atoms with E-state index in [1.165, 1.54) is 12.1 Å². The summed E-state index contributed by atoms with van der Waals surface area (Å²) in [6.07, 6.45) is 3.20. The minimum absolute atomic E-state index is 0.156. The lowest BCUT2D eigenvalue weighted by Crippen LogP contribution is -2.11. The molecule has 0 aliphatic carbocycles. The van der Waals surface area contributed by atoms with Crippen molar-refractivity contribution < 1.29 is 9.90 Å². The molecule has 0 bridgehead atoms. The number of aromatic hydroxyl groups is 1. The van der Waals surface area contributed by atoms with E-state index in [0.29, 0.717) is 16.8 Å². The molecule has 1 amide bonds. The van der Waals surface area contributed by atoms with Crippen molar-refractivity contribution in [2.24, 2.45) is 0 Å². The van der Waals surface area contributed by atoms with Gasteiger partial charge in [0, 0.05) is 23.6 Å². The second-order valence-electron chi connectivity index (χ2n) is 4.26. The van der Waals surface area contributed by atoms with Crippen LogP contribution in [0, 0.1) is 0 Å². The average molecular weight is 265 g/mol. The van der Waals surface area contributed by atoms with Crippen molar-refractivity contribution in [1.82, 2.24) is 9.97 Å². The first kappa shape index (κ1) is 12.1. The number of phenolic OH excluding ortho intramolecular Hbond substituents is 1. The van der Waals surface area contributed by atoms with Crippen molar-refractivity contribution in [3.63, 3.8) is 0 Å². The summed E-state index contributed by atoms with van der Waals surface area (Å²) in [7, 11) is 0. The van der Waals surface area contributed by atoms with E-state index in [1.807, 2.05) is 0 Å². The summed E-state index contributed by atoms with van der Waals surface area (Å²) < 4.78 is 0. The summed E-state index contributed by atoms with van der Waals surface area (Å²) in [5.41, 5.74) is 2.54. The van der Waals surface area contributed by atoms with Gasteiger partial charge in [0.1, 0.15) is 5.75 Å². The van der Waals surface area contributed by atoms with Gasteiger partial charge in [0.15, 0.2) is 0 Å². The smallest absolute Gasteiger partial charge is 0.255 e. The Hall–Kier alpha value is -2.95. The van der Waals surface area contributed by atoms with Crippen LogP contribution in [0.1, 0.15) is 10.4 Å². The summed E-state index contributed by atoms with van der Waals surface area (Å²) in [5, 5.41) is 12.0. The molecule has 2 N–H and O–H groups in total. The molecule has 0 aliphatic rings. The molecule has 0 atom stereocenters. The van der Waals surface area contributed by atoms with Crippen LogP contribution in [0.25, 0.3) is 11.0 Å². The second kappa shape index (κ2) is 4.97. The molecule has 2 aromatic carbocycles. The van der Waals surface area contributed by atoms with E-state index in [2.05, 4.69) is 15.3 Å². The molecule has 3 aromatic rings. The summed E-state index contributed by atoms with van der Waals surface area (Å²) >= 11 is 0. The molecule has 0 saturated carbocycles. The van der Waals surface area contributed by atoms with Crippen LogP contribution in [0.15, 0.2) is 54.9 Å². The standard InChI is InChI=1S/C15H11N3O2/c19-12-4-2-11(3-5-12)18-15(20)10-1-6-13-14(9-10)17-8-7-16-13/h1-9,19H,(H,18,20). The Kier molecular flexibility index (Phi) is 3.01. The maximum absolute atomic E-state index is 12.1. The molecule has 0 unspecified atom stereocenters. The molecule has 0 aliphatic heterocycles. The number of benzene rings is 2. The van der Waals surface area contributed by atoms with Crippen molar-refractivity contribution in [2.45, 2.75) is 0 Å². The maximum atomic E-state index is 12.1. The first-order chi connectivity index (χ1) is 9.72. The van der Waals surface area contributed by atoms with Crippen LogP contribution in [0.5, 0.6) is 5.75 Å². The first-order valence-electron chi connectivity index (χ1n) is 6.03. The number of hydrogen-bond donors (Lipinski definition) is 2. The third kappa shape index (κ3) is 2.42. The lowest BCUT2D eigenvalue weighted by molar-refractivity contribution is 0.102. The maximum Gasteiger partial charge on any atom is 0.255 e. The van der Waals surface area contributed by atoms with E-state index in [4.69, 9.17) is 0 Å². The fourth-order valence-corrected chi connectivity index (χ4v) is 1.85. The number of carbonyl (C=O) groups is 1. The van der Waals surface area contributed by atoms with Gasteiger partial charge in [-0.3, -0.25) is 14.8 Å². The van der Waals surface area contributed by atoms with Crippen LogP contribution in [0.3, 0.4) is 0 Å². The van der Waals surface area contributed by atoms with Gasteiger partial charge in [0.25, 0.3) is 5.91 Å². The minimum Gasteiger partial charge on any atom is -0.508 e. The molecule has 1 heterocycles. The van der Waals surface area contributed by atoms with Crippen LogP contribution >= 0.6 is 0 Å². The first-order valence-corrected chi connectivity index (χ1v) is 6.03. The Labute approximate surface area is 114 Å². The Morgan fingerprint density at radius 1 is 0.950 bits per heavy atom. The van der Waals surface area contributed by atoms with Gasteiger partial charge in [-0.05, 0) is 42.5 Å². The Bertz CT molecular complexity index is 769. The number of nitrogens with one attached hydrogen (secondary N) is 1. The number of anilines is 1. The molecule has 3 rings (SSSR count). The molecule has 0 saturated heterocycles. The minimum atomic E-state index is -0.233. The van der Waals surface area contributed by atoms with Crippen molar-refractivity contribution in [3.8, 4) is 5.75 Å². The molecule has 5 nitrogen and oxygen atoms in total. The summed E-state index contributed by atoms with van der Waals surface area (Å²) in [4.78, 5) is 20.4. The highest BCUT2D eigenvalue weighted by atomic mass is 16.3. The molecule has 1 aromatic heterocycles. The number of phenols is 1. The molecular weight excluding hydrogens is 254 g/mol. The molecular formula is C15H11N3O2. The number of fused-ring (bicyclic) bond motifs is 1. The van der Waals surface area contributed by atoms with E-state index in [9.17, 15) is 9.90 Å². The van der Waals surface area contributed by atoms with E-state index in [-0.39, 0.29) is 11.7 Å². The van der Waals surface area contributed by atoms with E-state index >= 15 is 0 Å². The van der Waals surface area contributed by atoms with Crippen LogP contribution in [0.4, 0.5) is 5.69 Å². The van der Waals surface area contributed by atoms with Gasteiger partial charge >= 0.3 is 0 Å². The third-order valence-corrected chi connectivity index (χ3v) is 2.86.